The van der Waals surface area contributed by atoms with E-state index < -0.39 is 0 Å². The predicted octanol–water partition coefficient (Wildman–Crippen LogP) is 4.58. The summed E-state index contributed by atoms with van der Waals surface area (Å²) in [5.41, 5.74) is 3.80. The Morgan fingerprint density at radius 1 is 1.11 bits per heavy atom. The van der Waals surface area contributed by atoms with Gasteiger partial charge in [0.15, 0.2) is 16.4 Å². The number of hydrogen-bond donors (Lipinski definition) is 1. The van der Waals surface area contributed by atoms with Gasteiger partial charge in [0, 0.05) is 46.0 Å². The summed E-state index contributed by atoms with van der Waals surface area (Å²) in [6.45, 7) is 2.06. The Hall–Kier alpha value is -2.57. The van der Waals surface area contributed by atoms with Crippen molar-refractivity contribution in [2.75, 3.05) is 0 Å². The van der Waals surface area contributed by atoms with Gasteiger partial charge in [0.05, 0.1) is 0 Å². The van der Waals surface area contributed by atoms with Gasteiger partial charge in [0.1, 0.15) is 0 Å². The van der Waals surface area contributed by atoms with E-state index in [-0.39, 0.29) is 5.43 Å². The summed E-state index contributed by atoms with van der Waals surface area (Å²) in [7, 11) is 1.95. The summed E-state index contributed by atoms with van der Waals surface area (Å²) < 4.78 is 1.97. The maximum Gasteiger partial charge on any atom is 0.191 e. The van der Waals surface area contributed by atoms with Crippen LogP contribution in [0.4, 0.5) is 0 Å². The van der Waals surface area contributed by atoms with Crippen molar-refractivity contribution in [2.45, 2.75) is 17.8 Å². The van der Waals surface area contributed by atoms with Crippen LogP contribution in [0.2, 0.25) is 5.02 Å². The van der Waals surface area contributed by atoms with Crippen LogP contribution in [0.3, 0.4) is 0 Å². The molecule has 0 aliphatic heterocycles. The third kappa shape index (κ3) is 3.63. The molecular weight excluding hydrogens is 380 g/mol. The van der Waals surface area contributed by atoms with Crippen molar-refractivity contribution in [2.24, 2.45) is 7.05 Å². The standard InChI is InChI=1S/C20H17ClN4OS/c1-12-3-5-13(6-4-12)19-23-24-20(25(19)2)27-11-15-10-18(26)16-9-14(21)7-8-17(16)22-15/h3-10H,11H2,1-2H3,(H,22,26). The lowest BCUT2D eigenvalue weighted by Gasteiger charge is -2.06. The molecule has 0 spiro atoms. The van der Waals surface area contributed by atoms with Crippen molar-refractivity contribution in [3.63, 3.8) is 0 Å². The smallest absolute Gasteiger partial charge is 0.191 e. The van der Waals surface area contributed by atoms with Crippen molar-refractivity contribution in [3.05, 3.63) is 75.0 Å². The highest BCUT2D eigenvalue weighted by Crippen LogP contribution is 2.25. The average molecular weight is 397 g/mol. The van der Waals surface area contributed by atoms with E-state index in [0.717, 1.165) is 27.8 Å². The van der Waals surface area contributed by atoms with Crippen molar-refractivity contribution in [3.8, 4) is 11.4 Å². The van der Waals surface area contributed by atoms with Gasteiger partial charge in [0.25, 0.3) is 0 Å². The normalized spacial score (nSPS) is 11.2. The Labute approximate surface area is 165 Å². The minimum atomic E-state index is -0.0415. The predicted molar refractivity (Wildman–Crippen MR) is 110 cm³/mol. The van der Waals surface area contributed by atoms with Gasteiger partial charge in [-0.1, -0.05) is 53.2 Å². The number of benzene rings is 2. The number of nitrogens with zero attached hydrogens (tertiary/aromatic N) is 3. The first-order chi connectivity index (χ1) is 13.0. The summed E-state index contributed by atoms with van der Waals surface area (Å²) in [6.07, 6.45) is 0. The number of hydrogen-bond acceptors (Lipinski definition) is 4. The van der Waals surface area contributed by atoms with Crippen molar-refractivity contribution in [1.29, 1.82) is 0 Å². The zero-order valence-electron chi connectivity index (χ0n) is 14.9. The molecule has 0 unspecified atom stereocenters. The molecule has 2 aromatic heterocycles. The average Bonchev–Trinajstić information content (AvgIpc) is 3.02. The van der Waals surface area contributed by atoms with Gasteiger partial charge in [-0.05, 0) is 25.1 Å². The molecule has 27 heavy (non-hydrogen) atoms. The van der Waals surface area contributed by atoms with Gasteiger partial charge < -0.3 is 9.55 Å². The molecule has 2 heterocycles. The van der Waals surface area contributed by atoms with E-state index in [2.05, 4.69) is 34.2 Å². The lowest BCUT2D eigenvalue weighted by atomic mass is 10.1. The second kappa shape index (κ2) is 7.21. The summed E-state index contributed by atoms with van der Waals surface area (Å²) >= 11 is 7.51. The van der Waals surface area contributed by atoms with Crippen LogP contribution in [-0.2, 0) is 12.8 Å². The van der Waals surface area contributed by atoms with Crippen molar-refractivity contribution in [1.82, 2.24) is 19.7 Å². The molecule has 5 nitrogen and oxygen atoms in total. The van der Waals surface area contributed by atoms with Gasteiger partial charge in [-0.2, -0.15) is 0 Å². The summed E-state index contributed by atoms with van der Waals surface area (Å²) in [5.74, 6) is 1.41. The largest absolute Gasteiger partial charge is 0.357 e. The highest BCUT2D eigenvalue weighted by molar-refractivity contribution is 7.98. The Morgan fingerprint density at radius 2 is 1.89 bits per heavy atom. The molecule has 4 rings (SSSR count). The Bertz CT molecular complexity index is 1180. The molecule has 4 aromatic rings. The van der Waals surface area contributed by atoms with E-state index in [4.69, 9.17) is 11.6 Å². The van der Waals surface area contributed by atoms with Gasteiger partial charge in [-0.25, -0.2) is 0 Å². The first kappa shape index (κ1) is 17.8. The first-order valence-corrected chi connectivity index (χ1v) is 9.78. The molecule has 2 aromatic carbocycles. The Morgan fingerprint density at radius 3 is 2.67 bits per heavy atom. The van der Waals surface area contributed by atoms with Crippen LogP contribution >= 0.6 is 23.4 Å². The van der Waals surface area contributed by atoms with Crippen molar-refractivity contribution < 1.29 is 0 Å². The molecule has 1 N–H and O–H groups in total. The zero-order chi connectivity index (χ0) is 19.0. The molecule has 0 atom stereocenters. The number of aromatic nitrogens is 4. The molecule has 7 heteroatoms. The fourth-order valence-corrected chi connectivity index (χ4v) is 3.88. The van der Waals surface area contributed by atoms with Crippen molar-refractivity contribution >= 4 is 34.3 Å². The summed E-state index contributed by atoms with van der Waals surface area (Å²) in [6, 6.07) is 15.1. The van der Waals surface area contributed by atoms with E-state index in [0.29, 0.717) is 16.2 Å². The van der Waals surface area contributed by atoms with E-state index >= 15 is 0 Å². The van der Waals surface area contributed by atoms with E-state index in [1.807, 2.05) is 29.8 Å². The number of aromatic amines is 1. The number of aryl methyl sites for hydroxylation is 1. The van der Waals surface area contributed by atoms with Gasteiger partial charge in [-0.15, -0.1) is 10.2 Å². The SMILES string of the molecule is Cc1ccc(-c2nnc(SCc3cc(=O)c4cc(Cl)ccc4[nH]3)n2C)cc1. The Kier molecular flexibility index (Phi) is 4.76. The minimum absolute atomic E-state index is 0.0415. The van der Waals surface area contributed by atoms with Crippen LogP contribution in [0, 0.1) is 6.92 Å². The van der Waals surface area contributed by atoms with Crippen LogP contribution < -0.4 is 5.43 Å². The van der Waals surface area contributed by atoms with Gasteiger partial charge >= 0.3 is 0 Å². The number of H-pyrrole nitrogens is 1. The topological polar surface area (TPSA) is 63.6 Å². The highest BCUT2D eigenvalue weighted by atomic mass is 35.5. The lowest BCUT2D eigenvalue weighted by molar-refractivity contribution is 0.793. The quantitative estimate of drug-likeness (QED) is 0.513. The third-order valence-corrected chi connectivity index (χ3v) is 5.65. The second-order valence-electron chi connectivity index (χ2n) is 6.37. The van der Waals surface area contributed by atoms with Crippen LogP contribution in [0.5, 0.6) is 0 Å². The molecule has 0 fully saturated rings. The molecule has 0 saturated heterocycles. The number of thioether (sulfide) groups is 1. The number of nitrogens with one attached hydrogen (secondary N) is 1. The molecule has 0 aliphatic carbocycles. The van der Waals surface area contributed by atoms with E-state index in [1.165, 1.54) is 17.3 Å². The van der Waals surface area contributed by atoms with E-state index in [1.54, 1.807) is 18.2 Å². The maximum atomic E-state index is 12.3. The number of halogens is 1. The molecule has 0 radical (unpaired) electrons. The highest BCUT2D eigenvalue weighted by Gasteiger charge is 2.12. The van der Waals surface area contributed by atoms with Crippen LogP contribution in [0.25, 0.3) is 22.3 Å². The van der Waals surface area contributed by atoms with E-state index in [9.17, 15) is 4.79 Å². The van der Waals surface area contributed by atoms with Gasteiger partial charge in [0.2, 0.25) is 0 Å². The second-order valence-corrected chi connectivity index (χ2v) is 7.75. The molecule has 0 saturated carbocycles. The lowest BCUT2D eigenvalue weighted by Crippen LogP contribution is -2.04. The van der Waals surface area contributed by atoms with Gasteiger partial charge in [-0.3, -0.25) is 4.79 Å². The molecule has 136 valence electrons. The van der Waals surface area contributed by atoms with Crippen LogP contribution in [-0.4, -0.2) is 19.7 Å². The first-order valence-electron chi connectivity index (χ1n) is 8.42. The Balaban J connectivity index is 1.57. The number of fused-ring (bicyclic) bond motifs is 1. The molecule has 0 aliphatic rings. The number of rotatable bonds is 4. The zero-order valence-corrected chi connectivity index (χ0v) is 16.4. The fraction of sp³-hybridized carbons (Fsp3) is 0.150. The monoisotopic (exact) mass is 396 g/mol. The van der Waals surface area contributed by atoms with Crippen LogP contribution in [0.15, 0.2) is 58.5 Å². The summed E-state index contributed by atoms with van der Waals surface area (Å²) in [4.78, 5) is 15.6. The number of pyridine rings is 1. The maximum absolute atomic E-state index is 12.3. The fourth-order valence-electron chi connectivity index (χ4n) is 2.89. The summed E-state index contributed by atoms with van der Waals surface area (Å²) in [5, 5.41) is 10.5. The third-order valence-electron chi connectivity index (χ3n) is 4.35. The molecule has 0 bridgehead atoms. The molecular formula is C20H17ClN4OS. The minimum Gasteiger partial charge on any atom is -0.357 e. The van der Waals surface area contributed by atoms with Crippen LogP contribution in [0.1, 0.15) is 11.3 Å². The molecule has 0 amide bonds.